The first-order chi connectivity index (χ1) is 17.1. The Labute approximate surface area is 216 Å². The maximum atomic E-state index is 12.1. The normalized spacial score (nSPS) is 17.4. The van der Waals surface area contributed by atoms with Gasteiger partial charge in [-0.25, -0.2) is 4.98 Å². The van der Waals surface area contributed by atoms with Gasteiger partial charge in [-0.15, -0.1) is 0 Å². The Morgan fingerprint density at radius 3 is 2.69 bits per heavy atom. The number of hydrogen-bond donors (Lipinski definition) is 4. The predicted molar refractivity (Wildman–Crippen MR) is 139 cm³/mol. The molecule has 2 aromatic heterocycles. The summed E-state index contributed by atoms with van der Waals surface area (Å²) in [6, 6.07) is 7.38. The van der Waals surface area contributed by atoms with Gasteiger partial charge < -0.3 is 31.4 Å². The molecule has 190 valence electrons. The molecule has 2 atom stereocenters. The maximum Gasteiger partial charge on any atom is 0.311 e. The number of benzene rings is 1. The van der Waals surface area contributed by atoms with Crippen LogP contribution in [0.1, 0.15) is 12.8 Å². The van der Waals surface area contributed by atoms with E-state index in [1.165, 1.54) is 12.1 Å². The van der Waals surface area contributed by atoms with E-state index in [9.17, 15) is 20.0 Å². The van der Waals surface area contributed by atoms with E-state index >= 15 is 0 Å². The predicted octanol–water partition coefficient (Wildman–Crippen LogP) is 3.27. The molecule has 0 aliphatic carbocycles. The number of rotatable bonds is 9. The highest BCUT2D eigenvalue weighted by Crippen LogP contribution is 2.40. The first kappa shape index (κ1) is 25.5. The van der Waals surface area contributed by atoms with Gasteiger partial charge in [-0.2, -0.15) is 0 Å². The van der Waals surface area contributed by atoms with Gasteiger partial charge in [0.25, 0.3) is 0 Å². The lowest BCUT2D eigenvalue weighted by atomic mass is 10.1. The Kier molecular flexibility index (Phi) is 7.53. The number of nitrogens with zero attached hydrogens (tertiary/aromatic N) is 4. The van der Waals surface area contributed by atoms with E-state index in [0.717, 1.165) is 16.8 Å². The molecule has 0 spiro atoms. The van der Waals surface area contributed by atoms with Gasteiger partial charge in [-0.3, -0.25) is 14.9 Å². The van der Waals surface area contributed by atoms with Crippen molar-refractivity contribution in [3.63, 3.8) is 0 Å². The third kappa shape index (κ3) is 5.48. The SMILES string of the molecule is NC(=O)[C@@H]1CC(O)CN1c1cn(CCCNc2ccc([N+](=O)[O-])c(N)n2)cc1-c1ccc(Cl)cc1Cl. The van der Waals surface area contributed by atoms with Gasteiger partial charge in [0.1, 0.15) is 11.9 Å². The molecular formula is C23H25Cl2N7O4. The minimum absolute atomic E-state index is 0.152. The minimum atomic E-state index is -0.676. The van der Waals surface area contributed by atoms with Crippen molar-refractivity contribution < 1.29 is 14.8 Å². The van der Waals surface area contributed by atoms with E-state index in [-0.39, 0.29) is 24.5 Å². The Balaban J connectivity index is 1.53. The number of hydrogen-bond acceptors (Lipinski definition) is 8. The number of nitrogens with two attached hydrogens (primary N) is 2. The van der Waals surface area contributed by atoms with E-state index in [1.54, 1.807) is 12.1 Å². The zero-order chi connectivity index (χ0) is 26.0. The molecule has 11 nitrogen and oxygen atoms in total. The van der Waals surface area contributed by atoms with Crippen molar-refractivity contribution in [2.45, 2.75) is 31.5 Å². The van der Waals surface area contributed by atoms with E-state index in [2.05, 4.69) is 10.3 Å². The molecule has 0 saturated carbocycles. The molecule has 1 aliphatic heterocycles. The van der Waals surface area contributed by atoms with Crippen LogP contribution in [0.25, 0.3) is 11.1 Å². The van der Waals surface area contributed by atoms with E-state index in [0.29, 0.717) is 35.4 Å². The zero-order valence-electron chi connectivity index (χ0n) is 19.1. The molecule has 36 heavy (non-hydrogen) atoms. The van der Waals surface area contributed by atoms with Gasteiger partial charge >= 0.3 is 5.69 Å². The lowest BCUT2D eigenvalue weighted by Gasteiger charge is -2.24. The van der Waals surface area contributed by atoms with Gasteiger partial charge in [0.2, 0.25) is 11.7 Å². The highest BCUT2D eigenvalue weighted by atomic mass is 35.5. The number of β-amino-alcohol motifs (C(OH)–C–C–N with tert-alkyl or cyclic N) is 1. The summed E-state index contributed by atoms with van der Waals surface area (Å²) in [6.07, 6.45) is 4.09. The molecule has 13 heteroatoms. The van der Waals surface area contributed by atoms with E-state index in [1.807, 2.05) is 27.9 Å². The third-order valence-electron chi connectivity index (χ3n) is 6.00. The Morgan fingerprint density at radius 2 is 2.03 bits per heavy atom. The highest BCUT2D eigenvalue weighted by Gasteiger charge is 2.36. The number of amides is 1. The molecule has 4 rings (SSSR count). The summed E-state index contributed by atoms with van der Waals surface area (Å²) >= 11 is 12.6. The fourth-order valence-electron chi connectivity index (χ4n) is 4.32. The number of primary amides is 1. The van der Waals surface area contributed by atoms with Gasteiger partial charge in [0.15, 0.2) is 0 Å². The van der Waals surface area contributed by atoms with Crippen molar-refractivity contribution in [1.82, 2.24) is 9.55 Å². The second-order valence-electron chi connectivity index (χ2n) is 8.52. The molecule has 3 aromatic rings. The number of nitro groups is 1. The average molecular weight is 534 g/mol. The Morgan fingerprint density at radius 1 is 1.25 bits per heavy atom. The average Bonchev–Trinajstić information content (AvgIpc) is 3.40. The minimum Gasteiger partial charge on any atom is -0.391 e. The highest BCUT2D eigenvalue weighted by molar-refractivity contribution is 6.36. The number of nitrogens with one attached hydrogen (secondary N) is 1. The van der Waals surface area contributed by atoms with Gasteiger partial charge in [-0.05, 0) is 24.6 Å². The lowest BCUT2D eigenvalue weighted by Crippen LogP contribution is -2.40. The second kappa shape index (κ2) is 10.6. The first-order valence-corrected chi connectivity index (χ1v) is 11.9. The van der Waals surface area contributed by atoms with Crippen molar-refractivity contribution in [3.8, 4) is 11.1 Å². The topological polar surface area (TPSA) is 166 Å². The van der Waals surface area contributed by atoms with Gasteiger partial charge in [0.05, 0.1) is 21.7 Å². The summed E-state index contributed by atoms with van der Waals surface area (Å²) in [6.45, 7) is 1.40. The summed E-state index contributed by atoms with van der Waals surface area (Å²) in [5, 5.41) is 25.2. The first-order valence-electron chi connectivity index (χ1n) is 11.2. The summed E-state index contributed by atoms with van der Waals surface area (Å²) in [4.78, 5) is 28.2. The monoisotopic (exact) mass is 533 g/mol. The van der Waals surface area contributed by atoms with Gasteiger partial charge in [-0.1, -0.05) is 29.3 Å². The second-order valence-corrected chi connectivity index (χ2v) is 9.36. The van der Waals surface area contributed by atoms with E-state index < -0.39 is 23.0 Å². The number of aliphatic hydroxyl groups excluding tert-OH is 1. The number of aryl methyl sites for hydroxylation is 1. The maximum absolute atomic E-state index is 12.1. The van der Waals surface area contributed by atoms with Crippen LogP contribution in [0.5, 0.6) is 0 Å². The number of aliphatic hydroxyl groups is 1. The smallest absolute Gasteiger partial charge is 0.311 e. The van der Waals surface area contributed by atoms with Crippen LogP contribution in [-0.4, -0.2) is 50.7 Å². The third-order valence-corrected chi connectivity index (χ3v) is 6.54. The van der Waals surface area contributed by atoms with Crippen LogP contribution in [0.15, 0.2) is 42.7 Å². The number of halogens is 2. The van der Waals surface area contributed by atoms with Crippen LogP contribution in [0, 0.1) is 10.1 Å². The summed E-state index contributed by atoms with van der Waals surface area (Å²) in [5.41, 5.74) is 13.3. The quantitative estimate of drug-likeness (QED) is 0.184. The van der Waals surface area contributed by atoms with Crippen LogP contribution >= 0.6 is 23.2 Å². The molecule has 1 saturated heterocycles. The summed E-state index contributed by atoms with van der Waals surface area (Å²) < 4.78 is 1.97. The molecule has 0 radical (unpaired) electrons. The van der Waals surface area contributed by atoms with Crippen molar-refractivity contribution in [3.05, 3.63) is 62.9 Å². The van der Waals surface area contributed by atoms with Crippen LogP contribution in [0.3, 0.4) is 0 Å². The number of anilines is 3. The van der Waals surface area contributed by atoms with E-state index in [4.69, 9.17) is 34.7 Å². The Bertz CT molecular complexity index is 1300. The van der Waals surface area contributed by atoms with Crippen molar-refractivity contribution in [2.24, 2.45) is 5.73 Å². The van der Waals surface area contributed by atoms with Crippen LogP contribution in [0.4, 0.5) is 23.0 Å². The van der Waals surface area contributed by atoms with Crippen LogP contribution in [0.2, 0.25) is 10.0 Å². The Hall–Kier alpha value is -3.54. The molecule has 1 unspecified atom stereocenters. The van der Waals surface area contributed by atoms with Crippen LogP contribution in [-0.2, 0) is 11.3 Å². The molecule has 1 fully saturated rings. The number of nitrogen functional groups attached to an aromatic ring is 1. The summed E-state index contributed by atoms with van der Waals surface area (Å²) in [5.74, 6) is -0.219. The molecule has 0 bridgehead atoms. The zero-order valence-corrected chi connectivity index (χ0v) is 20.6. The molecule has 1 amide bonds. The molecule has 1 aliphatic rings. The fourth-order valence-corrected chi connectivity index (χ4v) is 4.83. The number of pyridine rings is 1. The number of aromatic nitrogens is 2. The number of carbonyl (C=O) groups excluding carboxylic acids is 1. The van der Waals surface area contributed by atoms with Gasteiger partial charge in [0, 0.05) is 60.7 Å². The number of carbonyl (C=O) groups is 1. The fraction of sp³-hybridized carbons (Fsp3) is 0.304. The molecular weight excluding hydrogens is 509 g/mol. The van der Waals surface area contributed by atoms with Crippen molar-refractivity contribution in [2.75, 3.05) is 29.0 Å². The summed E-state index contributed by atoms with van der Waals surface area (Å²) in [7, 11) is 0. The molecule has 3 heterocycles. The van der Waals surface area contributed by atoms with Crippen molar-refractivity contribution >= 4 is 52.1 Å². The lowest BCUT2D eigenvalue weighted by molar-refractivity contribution is -0.384. The van der Waals surface area contributed by atoms with Crippen molar-refractivity contribution in [1.29, 1.82) is 0 Å². The molecule has 6 N–H and O–H groups in total. The standard InChI is InChI=1S/C23H25Cl2N7O4/c24-13-2-3-15(17(25)8-13)16-11-30(12-20(16)31-10-14(33)9-19(31)23(27)34)7-1-6-28-21-5-4-18(32(35)36)22(26)29-21/h2-5,8,11-12,14,19,33H,1,6-7,9-10H2,(H2,27,34)(H3,26,28,29)/t14?,19-/m0/s1. The van der Waals surface area contributed by atoms with Crippen LogP contribution < -0.4 is 21.7 Å². The largest absolute Gasteiger partial charge is 0.391 e. The molecule has 1 aromatic carbocycles.